The second-order valence-electron chi connectivity index (χ2n) is 7.22. The van der Waals surface area contributed by atoms with Crippen molar-refractivity contribution in [2.24, 2.45) is 5.73 Å². The molecule has 0 spiro atoms. The Kier molecular flexibility index (Phi) is 6.10. The highest BCUT2D eigenvalue weighted by atomic mass is 35.5. The molecule has 0 aliphatic heterocycles. The number of rotatable bonds is 7. The third-order valence-corrected chi connectivity index (χ3v) is 6.01. The minimum atomic E-state index is -1.60. The predicted molar refractivity (Wildman–Crippen MR) is 112 cm³/mol. The first-order valence-electron chi connectivity index (χ1n) is 9.38. The number of halogens is 1. The monoisotopic (exact) mass is 413 g/mol. The Morgan fingerprint density at radius 2 is 1.90 bits per heavy atom. The van der Waals surface area contributed by atoms with Crippen molar-refractivity contribution < 1.29 is 19.1 Å². The van der Waals surface area contributed by atoms with Crippen molar-refractivity contribution in [2.75, 3.05) is 7.11 Å². The van der Waals surface area contributed by atoms with E-state index in [1.807, 2.05) is 12.1 Å². The topological polar surface area (TPSA) is 78.6 Å². The van der Waals surface area contributed by atoms with E-state index >= 15 is 0 Å². The Morgan fingerprint density at radius 1 is 1.21 bits per heavy atom. The van der Waals surface area contributed by atoms with E-state index in [1.54, 1.807) is 56.5 Å². The maximum Gasteiger partial charge on any atom is 0.250 e. The Morgan fingerprint density at radius 3 is 2.48 bits per heavy atom. The van der Waals surface area contributed by atoms with Crippen LogP contribution in [0, 0.1) is 0 Å². The third kappa shape index (κ3) is 3.68. The van der Waals surface area contributed by atoms with Crippen LogP contribution in [0.3, 0.4) is 0 Å². The van der Waals surface area contributed by atoms with Crippen molar-refractivity contribution in [1.29, 1.82) is 0 Å². The number of benzene rings is 2. The van der Waals surface area contributed by atoms with Crippen molar-refractivity contribution in [3.8, 4) is 5.75 Å². The number of allylic oxidation sites excluding steroid dienone is 2. The minimum Gasteiger partial charge on any atom is -0.497 e. The predicted octanol–water partition coefficient (Wildman–Crippen LogP) is 3.97. The van der Waals surface area contributed by atoms with Crippen LogP contribution in [-0.4, -0.2) is 24.4 Å². The van der Waals surface area contributed by atoms with Crippen molar-refractivity contribution in [3.05, 3.63) is 76.8 Å². The van der Waals surface area contributed by atoms with Crippen molar-refractivity contribution >= 4 is 23.3 Å². The molecule has 0 saturated carbocycles. The SMILES string of the molecule is COc1ccc(COC(C)(C(N)=O)[C@]2(c3ccccc3Cl)CCC=CC2=O)cc1. The fourth-order valence-corrected chi connectivity index (χ4v) is 4.21. The van der Waals surface area contributed by atoms with Gasteiger partial charge in [-0.1, -0.05) is 48.0 Å². The molecule has 2 N–H and O–H groups in total. The second-order valence-corrected chi connectivity index (χ2v) is 7.63. The number of amides is 1. The van der Waals surface area contributed by atoms with Crippen molar-refractivity contribution in [3.63, 3.8) is 0 Å². The molecule has 0 aromatic heterocycles. The van der Waals surface area contributed by atoms with E-state index in [0.29, 0.717) is 29.2 Å². The lowest BCUT2D eigenvalue weighted by Crippen LogP contribution is -2.63. The fourth-order valence-electron chi connectivity index (χ4n) is 3.92. The van der Waals surface area contributed by atoms with E-state index < -0.39 is 16.9 Å². The molecular weight excluding hydrogens is 390 g/mol. The lowest BCUT2D eigenvalue weighted by Gasteiger charge is -2.46. The van der Waals surface area contributed by atoms with Crippen LogP contribution in [-0.2, 0) is 26.3 Å². The lowest BCUT2D eigenvalue weighted by molar-refractivity contribution is -0.162. The van der Waals surface area contributed by atoms with Crippen LogP contribution >= 0.6 is 11.6 Å². The van der Waals surface area contributed by atoms with Gasteiger partial charge in [-0.25, -0.2) is 0 Å². The summed E-state index contributed by atoms with van der Waals surface area (Å²) in [7, 11) is 1.59. The van der Waals surface area contributed by atoms with Crippen LogP contribution in [0.5, 0.6) is 5.75 Å². The quantitative estimate of drug-likeness (QED) is 0.745. The van der Waals surface area contributed by atoms with E-state index in [2.05, 4.69) is 0 Å². The summed E-state index contributed by atoms with van der Waals surface area (Å²) in [5.41, 5.74) is 4.31. The van der Waals surface area contributed by atoms with E-state index in [-0.39, 0.29) is 12.4 Å². The molecule has 1 amide bonds. The summed E-state index contributed by atoms with van der Waals surface area (Å²) in [6, 6.07) is 14.3. The van der Waals surface area contributed by atoms with E-state index in [0.717, 1.165) is 5.56 Å². The Hall–Kier alpha value is -2.63. The van der Waals surface area contributed by atoms with Gasteiger partial charge in [0.15, 0.2) is 11.4 Å². The van der Waals surface area contributed by atoms with Crippen LogP contribution in [0.15, 0.2) is 60.7 Å². The summed E-state index contributed by atoms with van der Waals surface area (Å²) in [4.78, 5) is 26.0. The molecule has 3 rings (SSSR count). The number of ketones is 1. The van der Waals surface area contributed by atoms with Gasteiger partial charge < -0.3 is 15.2 Å². The van der Waals surface area contributed by atoms with Gasteiger partial charge in [0.25, 0.3) is 5.91 Å². The molecule has 2 atom stereocenters. The first kappa shape index (κ1) is 21.1. The third-order valence-electron chi connectivity index (χ3n) is 5.68. The van der Waals surface area contributed by atoms with Crippen LogP contribution in [0.25, 0.3) is 0 Å². The zero-order valence-electron chi connectivity index (χ0n) is 16.5. The maximum absolute atomic E-state index is 13.3. The summed E-state index contributed by atoms with van der Waals surface area (Å²) in [5, 5.41) is 0.400. The highest BCUT2D eigenvalue weighted by molar-refractivity contribution is 6.32. The normalized spacial score (nSPS) is 20.9. The number of carbonyl (C=O) groups is 2. The van der Waals surface area contributed by atoms with Crippen LogP contribution < -0.4 is 10.5 Å². The molecule has 2 aromatic carbocycles. The van der Waals surface area contributed by atoms with Crippen LogP contribution in [0.4, 0.5) is 0 Å². The molecule has 29 heavy (non-hydrogen) atoms. The number of carbonyl (C=O) groups excluding carboxylic acids is 2. The number of ether oxygens (including phenoxy) is 2. The van der Waals surface area contributed by atoms with E-state index in [1.165, 1.54) is 6.08 Å². The van der Waals surface area contributed by atoms with Gasteiger partial charge in [-0.05, 0) is 55.2 Å². The molecule has 1 unspecified atom stereocenters. The van der Waals surface area contributed by atoms with Crippen molar-refractivity contribution in [1.82, 2.24) is 0 Å². The molecule has 0 bridgehead atoms. The van der Waals surface area contributed by atoms with Crippen molar-refractivity contribution in [2.45, 2.75) is 37.4 Å². The molecule has 6 heteroatoms. The zero-order chi connectivity index (χ0) is 21.1. The largest absolute Gasteiger partial charge is 0.497 e. The summed E-state index contributed by atoms with van der Waals surface area (Å²) in [5.74, 6) is -0.242. The molecule has 0 radical (unpaired) electrons. The van der Waals surface area contributed by atoms with E-state index in [4.69, 9.17) is 26.8 Å². The van der Waals surface area contributed by atoms with Crippen LogP contribution in [0.1, 0.15) is 30.9 Å². The number of hydrogen-bond acceptors (Lipinski definition) is 4. The average Bonchev–Trinajstić information content (AvgIpc) is 2.73. The lowest BCUT2D eigenvalue weighted by atomic mass is 9.60. The Labute approximate surface area is 175 Å². The fraction of sp³-hybridized carbons (Fsp3) is 0.304. The van der Waals surface area contributed by atoms with Gasteiger partial charge in [-0.15, -0.1) is 0 Å². The molecular formula is C23H24ClNO4. The van der Waals surface area contributed by atoms with E-state index in [9.17, 15) is 9.59 Å². The van der Waals surface area contributed by atoms with Gasteiger partial charge in [-0.2, -0.15) is 0 Å². The number of hydrogen-bond donors (Lipinski definition) is 1. The smallest absolute Gasteiger partial charge is 0.250 e. The van der Waals surface area contributed by atoms with Gasteiger partial charge in [0.2, 0.25) is 0 Å². The zero-order valence-corrected chi connectivity index (χ0v) is 17.2. The molecule has 1 aliphatic carbocycles. The van der Waals surface area contributed by atoms with Gasteiger partial charge in [-0.3, -0.25) is 9.59 Å². The summed E-state index contributed by atoms with van der Waals surface area (Å²) in [6.07, 6.45) is 4.26. The Bertz CT molecular complexity index is 940. The highest BCUT2D eigenvalue weighted by Gasteiger charge is 2.59. The maximum atomic E-state index is 13.3. The first-order chi connectivity index (χ1) is 13.8. The molecule has 152 valence electrons. The highest BCUT2D eigenvalue weighted by Crippen LogP contribution is 2.47. The van der Waals surface area contributed by atoms with Gasteiger partial charge in [0.05, 0.1) is 19.1 Å². The standard InChI is InChI=1S/C23H24ClNO4/c1-22(21(25)27,29-15-16-10-12-17(28-2)13-11-16)23(14-6-5-9-20(23)26)18-7-3-4-8-19(18)24/h3-5,7-13H,6,14-15H2,1-2H3,(H2,25,27)/t22?,23-/m0/s1. The molecule has 0 fully saturated rings. The molecule has 5 nitrogen and oxygen atoms in total. The molecule has 0 saturated heterocycles. The first-order valence-corrected chi connectivity index (χ1v) is 9.76. The summed E-state index contributed by atoms with van der Waals surface area (Å²) in [6.45, 7) is 1.69. The number of methoxy groups -OCH3 is 1. The van der Waals surface area contributed by atoms with Crippen LogP contribution in [0.2, 0.25) is 5.02 Å². The van der Waals surface area contributed by atoms with Gasteiger partial charge in [0.1, 0.15) is 5.75 Å². The Balaban J connectivity index is 2.06. The summed E-state index contributed by atoms with van der Waals surface area (Å²) < 4.78 is 11.3. The van der Waals surface area contributed by atoms with Gasteiger partial charge in [0, 0.05) is 5.02 Å². The number of nitrogens with two attached hydrogens (primary N) is 1. The molecule has 1 aliphatic rings. The summed E-state index contributed by atoms with van der Waals surface area (Å²) >= 11 is 6.48. The molecule has 0 heterocycles. The molecule has 2 aromatic rings. The average molecular weight is 414 g/mol. The minimum absolute atomic E-state index is 0.104. The number of primary amides is 1. The second kappa shape index (κ2) is 8.39. The van der Waals surface area contributed by atoms with Gasteiger partial charge >= 0.3 is 0 Å².